The van der Waals surface area contributed by atoms with Crippen LogP contribution in [0.5, 0.6) is 0 Å². The number of hydrogen-bond acceptors (Lipinski definition) is 3. The van der Waals surface area contributed by atoms with Crippen LogP contribution in [0.25, 0.3) is 0 Å². The molecule has 0 heterocycles. The Hall–Kier alpha value is -1.26. The summed E-state index contributed by atoms with van der Waals surface area (Å²) in [5.41, 5.74) is 0. The second-order valence-electron chi connectivity index (χ2n) is 3.50. The second kappa shape index (κ2) is 9.30. The molecule has 1 amide bonds. The van der Waals surface area contributed by atoms with E-state index in [0.29, 0.717) is 12.8 Å². The highest BCUT2D eigenvalue weighted by molar-refractivity contribution is 5.76. The second-order valence-corrected chi connectivity index (χ2v) is 3.50. The van der Waals surface area contributed by atoms with Crippen molar-refractivity contribution in [3.63, 3.8) is 0 Å². The highest BCUT2D eigenvalue weighted by Crippen LogP contribution is 2.08. The predicted octanol–water partition coefficient (Wildman–Crippen LogP) is 2.48. The fraction of sp³-hybridized carbons (Fsp3) is 0.800. The Kier molecular flexibility index (Phi) is 8.52. The number of carboxylic acids is 1. The van der Waals surface area contributed by atoms with Crippen LogP contribution in [-0.4, -0.2) is 17.0 Å². The molecule has 0 unspecified atom stereocenters. The number of carbonyl (C=O) groups excluding carboxylic acids is 1. The summed E-state index contributed by atoms with van der Waals surface area (Å²) in [5.74, 6) is -1.33. The Morgan fingerprint density at radius 3 is 1.80 bits per heavy atom. The van der Waals surface area contributed by atoms with Gasteiger partial charge in [-0.1, -0.05) is 25.7 Å². The van der Waals surface area contributed by atoms with Gasteiger partial charge in [-0.25, -0.2) is 0 Å². The van der Waals surface area contributed by atoms with E-state index in [2.05, 4.69) is 5.18 Å². The lowest BCUT2D eigenvalue weighted by Crippen LogP contribution is -1.94. The number of rotatable bonds is 9. The van der Waals surface area contributed by atoms with Gasteiger partial charge in [-0.05, 0) is 12.8 Å². The Morgan fingerprint density at radius 1 is 0.867 bits per heavy atom. The summed E-state index contributed by atoms with van der Waals surface area (Å²) in [6, 6.07) is 0. The zero-order valence-electron chi connectivity index (χ0n) is 8.78. The number of amides is 1. The molecule has 0 aliphatic carbocycles. The van der Waals surface area contributed by atoms with Gasteiger partial charge in [-0.15, -0.1) is 4.91 Å². The summed E-state index contributed by atoms with van der Waals surface area (Å²) in [6.07, 6.45) is 5.64. The molecule has 0 saturated carbocycles. The molecule has 0 aromatic rings. The molecule has 0 rings (SSSR count). The number of nitrogens with zero attached hydrogens (tertiary/aromatic N) is 1. The van der Waals surface area contributed by atoms with Crippen LogP contribution in [0.4, 0.5) is 0 Å². The first-order valence-electron chi connectivity index (χ1n) is 5.25. The molecule has 0 radical (unpaired) electrons. The summed E-state index contributed by atoms with van der Waals surface area (Å²) in [5, 5.41) is 10.7. The normalized spacial score (nSPS) is 9.87. The van der Waals surface area contributed by atoms with Gasteiger partial charge in [0.05, 0.1) is 0 Å². The van der Waals surface area contributed by atoms with Crippen molar-refractivity contribution in [2.45, 2.75) is 51.4 Å². The van der Waals surface area contributed by atoms with Gasteiger partial charge in [-0.2, -0.15) is 0 Å². The van der Waals surface area contributed by atoms with Crippen molar-refractivity contribution in [3.05, 3.63) is 4.91 Å². The molecule has 0 aromatic carbocycles. The van der Waals surface area contributed by atoms with E-state index >= 15 is 0 Å². The van der Waals surface area contributed by atoms with Crippen molar-refractivity contribution in [1.29, 1.82) is 0 Å². The third-order valence-corrected chi connectivity index (χ3v) is 2.13. The van der Waals surface area contributed by atoms with Gasteiger partial charge in [-0.3, -0.25) is 9.59 Å². The zero-order chi connectivity index (χ0) is 11.5. The van der Waals surface area contributed by atoms with Gasteiger partial charge in [0.15, 0.2) is 0 Å². The Bertz CT molecular complexity index is 215. The quantitative estimate of drug-likeness (QED) is 0.473. The molecule has 5 nitrogen and oxygen atoms in total. The first-order chi connectivity index (χ1) is 7.16. The van der Waals surface area contributed by atoms with Crippen molar-refractivity contribution in [2.24, 2.45) is 5.18 Å². The molecular weight excluding hydrogens is 198 g/mol. The topological polar surface area (TPSA) is 83.8 Å². The Labute approximate surface area is 88.8 Å². The number of nitroso groups, excluding NO2 is 1. The van der Waals surface area contributed by atoms with E-state index in [1.54, 1.807) is 0 Å². The van der Waals surface area contributed by atoms with Crippen molar-refractivity contribution in [1.82, 2.24) is 0 Å². The fourth-order valence-corrected chi connectivity index (χ4v) is 1.31. The molecule has 1 N–H and O–H groups in total. The van der Waals surface area contributed by atoms with Crippen LogP contribution in [0.15, 0.2) is 5.18 Å². The van der Waals surface area contributed by atoms with Crippen molar-refractivity contribution in [3.8, 4) is 0 Å². The number of carbonyl (C=O) groups is 2. The summed E-state index contributed by atoms with van der Waals surface area (Å²) >= 11 is 0. The van der Waals surface area contributed by atoms with Gasteiger partial charge >= 0.3 is 5.97 Å². The molecule has 0 bridgehead atoms. The molecule has 0 spiro atoms. The van der Waals surface area contributed by atoms with Crippen LogP contribution in [-0.2, 0) is 9.59 Å². The molecule has 5 heteroatoms. The molecule has 0 fully saturated rings. The maximum atomic E-state index is 10.5. The highest BCUT2D eigenvalue weighted by atomic mass is 16.4. The number of carboxylic acid groups (broad SMARTS) is 1. The van der Waals surface area contributed by atoms with E-state index in [1.807, 2.05) is 0 Å². The van der Waals surface area contributed by atoms with E-state index in [9.17, 15) is 14.5 Å². The number of hydrogen-bond donors (Lipinski definition) is 1. The average molecular weight is 215 g/mol. The van der Waals surface area contributed by atoms with Crippen LogP contribution in [0.3, 0.4) is 0 Å². The van der Waals surface area contributed by atoms with Gasteiger partial charge in [0.1, 0.15) is 0 Å². The van der Waals surface area contributed by atoms with E-state index in [1.165, 1.54) is 0 Å². The molecule has 0 aromatic heterocycles. The lowest BCUT2D eigenvalue weighted by atomic mass is 10.1. The smallest absolute Gasteiger partial charge is 0.303 e. The fourth-order valence-electron chi connectivity index (χ4n) is 1.31. The summed E-state index contributed by atoms with van der Waals surface area (Å²) in [6.45, 7) is 0. The van der Waals surface area contributed by atoms with Crippen LogP contribution in [0, 0.1) is 4.91 Å². The zero-order valence-corrected chi connectivity index (χ0v) is 8.78. The molecule has 15 heavy (non-hydrogen) atoms. The SMILES string of the molecule is O=NC(=O)CCCCCCCCC(=O)O. The first kappa shape index (κ1) is 13.7. The van der Waals surface area contributed by atoms with Gasteiger partial charge in [0.2, 0.25) is 0 Å². The number of aliphatic carboxylic acids is 1. The third kappa shape index (κ3) is 10.7. The van der Waals surface area contributed by atoms with E-state index in [0.717, 1.165) is 25.7 Å². The van der Waals surface area contributed by atoms with E-state index < -0.39 is 11.9 Å². The van der Waals surface area contributed by atoms with Gasteiger partial charge in [0, 0.05) is 18.0 Å². The molecule has 0 aliphatic rings. The minimum absolute atomic E-state index is 0.230. The van der Waals surface area contributed by atoms with Crippen molar-refractivity contribution < 1.29 is 14.7 Å². The molecule has 0 aliphatic heterocycles. The monoisotopic (exact) mass is 215 g/mol. The molecule has 86 valence electrons. The first-order valence-corrected chi connectivity index (χ1v) is 5.25. The van der Waals surface area contributed by atoms with Crippen molar-refractivity contribution in [2.75, 3.05) is 0 Å². The van der Waals surface area contributed by atoms with Gasteiger partial charge < -0.3 is 5.11 Å². The Balaban J connectivity index is 3.08. The minimum Gasteiger partial charge on any atom is -0.481 e. The lowest BCUT2D eigenvalue weighted by Gasteiger charge is -1.98. The summed E-state index contributed by atoms with van der Waals surface area (Å²) in [4.78, 5) is 30.4. The summed E-state index contributed by atoms with van der Waals surface area (Å²) < 4.78 is 0. The molecule has 0 atom stereocenters. The minimum atomic E-state index is -0.752. The van der Waals surface area contributed by atoms with Crippen LogP contribution < -0.4 is 0 Å². The average Bonchev–Trinajstić information content (AvgIpc) is 2.21. The maximum absolute atomic E-state index is 10.5. The van der Waals surface area contributed by atoms with E-state index in [-0.39, 0.29) is 12.8 Å². The predicted molar refractivity (Wildman–Crippen MR) is 55.4 cm³/mol. The maximum Gasteiger partial charge on any atom is 0.303 e. The highest BCUT2D eigenvalue weighted by Gasteiger charge is 2.00. The third-order valence-electron chi connectivity index (χ3n) is 2.13. The van der Waals surface area contributed by atoms with Gasteiger partial charge in [0.25, 0.3) is 5.91 Å². The summed E-state index contributed by atoms with van der Waals surface area (Å²) in [7, 11) is 0. The standard InChI is InChI=1S/C10H17NO4/c12-9(11-15)7-5-3-1-2-4-6-8-10(13)14/h1-8H2,(H,13,14). The molecule has 0 saturated heterocycles. The lowest BCUT2D eigenvalue weighted by molar-refractivity contribution is -0.137. The molecular formula is C10H17NO4. The number of unbranched alkanes of at least 4 members (excludes halogenated alkanes) is 5. The Morgan fingerprint density at radius 2 is 1.33 bits per heavy atom. The van der Waals surface area contributed by atoms with Crippen LogP contribution in [0.1, 0.15) is 51.4 Å². The van der Waals surface area contributed by atoms with Crippen LogP contribution >= 0.6 is 0 Å². The van der Waals surface area contributed by atoms with Crippen LogP contribution in [0.2, 0.25) is 0 Å². The van der Waals surface area contributed by atoms with E-state index in [4.69, 9.17) is 5.11 Å². The largest absolute Gasteiger partial charge is 0.481 e. The van der Waals surface area contributed by atoms with Crippen molar-refractivity contribution >= 4 is 11.9 Å².